The lowest BCUT2D eigenvalue weighted by Crippen LogP contribution is -2.31. The van der Waals surface area contributed by atoms with Crippen LogP contribution in [0.2, 0.25) is 5.02 Å². The lowest BCUT2D eigenvalue weighted by molar-refractivity contribution is -0.123. The molecule has 0 aliphatic heterocycles. The van der Waals surface area contributed by atoms with Gasteiger partial charge in [0.1, 0.15) is 5.75 Å². The van der Waals surface area contributed by atoms with Crippen LogP contribution in [0.3, 0.4) is 0 Å². The van der Waals surface area contributed by atoms with E-state index in [0.29, 0.717) is 16.3 Å². The van der Waals surface area contributed by atoms with Crippen LogP contribution in [-0.4, -0.2) is 25.6 Å². The number of hydrogen-bond donors (Lipinski definition) is 1. The summed E-state index contributed by atoms with van der Waals surface area (Å²) in [6.45, 7) is 1.77. The summed E-state index contributed by atoms with van der Waals surface area (Å²) >= 11 is 5.84. The topological polar surface area (TPSA) is 64.6 Å². The Morgan fingerprint density at radius 2 is 1.71 bits per heavy atom. The fourth-order valence-corrected chi connectivity index (χ4v) is 2.20. The molecule has 2 aromatic carbocycles. The number of nitrogens with one attached hydrogen (secondary N) is 1. The Morgan fingerprint density at radius 3 is 2.29 bits per heavy atom. The van der Waals surface area contributed by atoms with Crippen molar-refractivity contribution in [3.8, 4) is 5.75 Å². The van der Waals surface area contributed by atoms with E-state index in [1.807, 2.05) is 19.1 Å². The van der Waals surface area contributed by atoms with Crippen molar-refractivity contribution < 1.29 is 19.1 Å². The van der Waals surface area contributed by atoms with Gasteiger partial charge in [0.25, 0.3) is 5.91 Å². The predicted molar refractivity (Wildman–Crippen MR) is 91.3 cm³/mol. The summed E-state index contributed by atoms with van der Waals surface area (Å²) < 4.78 is 10.0. The average Bonchev–Trinajstić information content (AvgIpc) is 2.60. The maximum Gasteiger partial charge on any atom is 0.337 e. The molecular formula is C18H18ClNO4. The number of esters is 1. The number of methoxy groups -OCH3 is 1. The van der Waals surface area contributed by atoms with E-state index >= 15 is 0 Å². The molecular weight excluding hydrogens is 330 g/mol. The van der Waals surface area contributed by atoms with Crippen LogP contribution in [0, 0.1) is 0 Å². The fraction of sp³-hybridized carbons (Fsp3) is 0.222. The number of hydrogen-bond acceptors (Lipinski definition) is 4. The standard InChI is InChI=1S/C18H18ClNO4/c1-12(13-3-7-15(19)8-4-13)20-17(21)11-24-16-9-5-14(6-10-16)18(22)23-2/h3-10,12H,11H2,1-2H3,(H,20,21)/t12-/m0/s1. The van der Waals surface area contributed by atoms with E-state index in [9.17, 15) is 9.59 Å². The molecule has 6 heteroatoms. The Balaban J connectivity index is 1.84. The van der Waals surface area contributed by atoms with Crippen molar-refractivity contribution in [1.82, 2.24) is 5.32 Å². The van der Waals surface area contributed by atoms with E-state index < -0.39 is 5.97 Å². The summed E-state index contributed by atoms with van der Waals surface area (Å²) in [6.07, 6.45) is 0. The second-order valence-electron chi connectivity index (χ2n) is 5.15. The molecule has 24 heavy (non-hydrogen) atoms. The molecule has 0 heterocycles. The molecule has 0 saturated carbocycles. The molecule has 0 spiro atoms. The first kappa shape index (κ1) is 17.8. The van der Waals surface area contributed by atoms with Gasteiger partial charge >= 0.3 is 5.97 Å². The van der Waals surface area contributed by atoms with Crippen molar-refractivity contribution >= 4 is 23.5 Å². The number of ether oxygens (including phenoxy) is 2. The third-order valence-corrected chi connectivity index (χ3v) is 3.64. The summed E-state index contributed by atoms with van der Waals surface area (Å²) in [5.41, 5.74) is 1.38. The van der Waals surface area contributed by atoms with Crippen LogP contribution in [0.5, 0.6) is 5.75 Å². The minimum atomic E-state index is -0.420. The first-order valence-electron chi connectivity index (χ1n) is 7.35. The minimum absolute atomic E-state index is 0.116. The smallest absolute Gasteiger partial charge is 0.337 e. The van der Waals surface area contributed by atoms with Gasteiger partial charge < -0.3 is 14.8 Å². The van der Waals surface area contributed by atoms with Crippen molar-refractivity contribution in [3.63, 3.8) is 0 Å². The largest absolute Gasteiger partial charge is 0.484 e. The zero-order valence-corrected chi connectivity index (χ0v) is 14.2. The molecule has 5 nitrogen and oxygen atoms in total. The number of halogens is 1. The minimum Gasteiger partial charge on any atom is -0.484 e. The summed E-state index contributed by atoms with van der Waals surface area (Å²) in [7, 11) is 1.32. The van der Waals surface area contributed by atoms with E-state index in [1.165, 1.54) is 7.11 Å². The molecule has 2 aromatic rings. The predicted octanol–water partition coefficient (Wildman–Crippen LogP) is 3.38. The SMILES string of the molecule is COC(=O)c1ccc(OCC(=O)N[C@@H](C)c2ccc(Cl)cc2)cc1. The van der Waals surface area contributed by atoms with Crippen molar-refractivity contribution in [1.29, 1.82) is 0 Å². The van der Waals surface area contributed by atoms with Gasteiger partial charge in [0.15, 0.2) is 6.61 Å². The van der Waals surface area contributed by atoms with Gasteiger partial charge in [-0.2, -0.15) is 0 Å². The van der Waals surface area contributed by atoms with Gasteiger partial charge in [-0.25, -0.2) is 4.79 Å². The molecule has 0 aromatic heterocycles. The average molecular weight is 348 g/mol. The van der Waals surface area contributed by atoms with Gasteiger partial charge in [-0.1, -0.05) is 23.7 Å². The monoisotopic (exact) mass is 347 g/mol. The molecule has 0 aliphatic rings. The van der Waals surface area contributed by atoms with Crippen LogP contribution in [0.15, 0.2) is 48.5 Å². The highest BCUT2D eigenvalue weighted by molar-refractivity contribution is 6.30. The van der Waals surface area contributed by atoms with Gasteiger partial charge in [0.05, 0.1) is 18.7 Å². The zero-order chi connectivity index (χ0) is 17.5. The van der Waals surface area contributed by atoms with E-state index in [1.54, 1.807) is 36.4 Å². The number of benzene rings is 2. The highest BCUT2D eigenvalue weighted by Gasteiger charge is 2.10. The molecule has 0 fully saturated rings. The Hall–Kier alpha value is -2.53. The van der Waals surface area contributed by atoms with Crippen LogP contribution in [0.1, 0.15) is 28.9 Å². The summed E-state index contributed by atoms with van der Waals surface area (Å²) in [4.78, 5) is 23.3. The number of rotatable bonds is 6. The van der Waals surface area contributed by atoms with Crippen LogP contribution in [0.4, 0.5) is 0 Å². The molecule has 1 amide bonds. The first-order valence-corrected chi connectivity index (χ1v) is 7.73. The normalized spacial score (nSPS) is 11.5. The molecule has 2 rings (SSSR count). The molecule has 0 saturated heterocycles. The lowest BCUT2D eigenvalue weighted by Gasteiger charge is -2.15. The van der Waals surface area contributed by atoms with Crippen LogP contribution in [-0.2, 0) is 9.53 Å². The van der Waals surface area contributed by atoms with E-state index in [-0.39, 0.29) is 18.6 Å². The zero-order valence-electron chi connectivity index (χ0n) is 13.4. The fourth-order valence-electron chi connectivity index (χ4n) is 2.07. The highest BCUT2D eigenvalue weighted by atomic mass is 35.5. The highest BCUT2D eigenvalue weighted by Crippen LogP contribution is 2.16. The molecule has 126 valence electrons. The van der Waals surface area contributed by atoms with Gasteiger partial charge in [-0.3, -0.25) is 4.79 Å². The molecule has 0 aliphatic carbocycles. The van der Waals surface area contributed by atoms with Crippen molar-refractivity contribution in [2.24, 2.45) is 0 Å². The van der Waals surface area contributed by atoms with Gasteiger partial charge in [-0.05, 0) is 48.9 Å². The third-order valence-electron chi connectivity index (χ3n) is 3.39. The number of carbonyl (C=O) groups excluding carboxylic acids is 2. The number of amides is 1. The van der Waals surface area contributed by atoms with Crippen molar-refractivity contribution in [3.05, 3.63) is 64.7 Å². The molecule has 0 radical (unpaired) electrons. The molecule has 0 unspecified atom stereocenters. The van der Waals surface area contributed by atoms with Crippen molar-refractivity contribution in [2.75, 3.05) is 13.7 Å². The summed E-state index contributed by atoms with van der Waals surface area (Å²) in [5.74, 6) is -0.164. The maximum absolute atomic E-state index is 12.0. The Morgan fingerprint density at radius 1 is 1.08 bits per heavy atom. The summed E-state index contributed by atoms with van der Waals surface area (Å²) in [5, 5.41) is 3.49. The van der Waals surface area contributed by atoms with Crippen LogP contribution < -0.4 is 10.1 Å². The molecule has 0 bridgehead atoms. The Bertz CT molecular complexity index is 698. The molecule has 1 N–H and O–H groups in total. The second-order valence-corrected chi connectivity index (χ2v) is 5.58. The van der Waals surface area contributed by atoms with E-state index in [0.717, 1.165) is 5.56 Å². The van der Waals surface area contributed by atoms with Gasteiger partial charge in [0.2, 0.25) is 0 Å². The maximum atomic E-state index is 12.0. The molecule has 1 atom stereocenters. The van der Waals surface area contributed by atoms with Crippen LogP contribution in [0.25, 0.3) is 0 Å². The van der Waals surface area contributed by atoms with E-state index in [4.69, 9.17) is 16.3 Å². The Labute approximate surface area is 145 Å². The van der Waals surface area contributed by atoms with Crippen LogP contribution >= 0.6 is 11.6 Å². The first-order chi connectivity index (χ1) is 11.5. The summed E-state index contributed by atoms with van der Waals surface area (Å²) in [6, 6.07) is 13.5. The van der Waals surface area contributed by atoms with Gasteiger partial charge in [-0.15, -0.1) is 0 Å². The second kappa shape index (κ2) is 8.36. The van der Waals surface area contributed by atoms with Gasteiger partial charge in [0, 0.05) is 5.02 Å². The van der Waals surface area contributed by atoms with Crippen molar-refractivity contribution in [2.45, 2.75) is 13.0 Å². The third kappa shape index (κ3) is 4.99. The number of carbonyl (C=O) groups is 2. The quantitative estimate of drug-likeness (QED) is 0.813. The lowest BCUT2D eigenvalue weighted by atomic mass is 10.1. The van der Waals surface area contributed by atoms with E-state index in [2.05, 4.69) is 10.1 Å². The Kier molecular flexibility index (Phi) is 6.21.